The highest BCUT2D eigenvalue weighted by atomic mass is 127. The van der Waals surface area contributed by atoms with Gasteiger partial charge in [0.15, 0.2) is 0 Å². The molecule has 0 spiro atoms. The zero-order chi connectivity index (χ0) is 22.7. The van der Waals surface area contributed by atoms with E-state index < -0.39 is 0 Å². The number of amides is 2. The minimum Gasteiger partial charge on any atom is -0.348 e. The zero-order valence-electron chi connectivity index (χ0n) is 18.5. The Hall–Kier alpha value is -2.39. The van der Waals surface area contributed by atoms with Gasteiger partial charge in [-0.2, -0.15) is 0 Å². The van der Waals surface area contributed by atoms with Crippen molar-refractivity contribution in [3.05, 3.63) is 63.9 Å². The van der Waals surface area contributed by atoms with Crippen molar-refractivity contribution in [3.63, 3.8) is 0 Å². The lowest BCUT2D eigenvalue weighted by Crippen LogP contribution is -2.47. The van der Waals surface area contributed by atoms with Gasteiger partial charge in [-0.3, -0.25) is 9.59 Å². The maximum absolute atomic E-state index is 13.2. The second-order valence-corrected chi connectivity index (χ2v) is 9.85. The molecular formula is C25H29IN4O2. The number of likely N-dealkylation sites (tertiary alicyclic amines) is 1. The van der Waals surface area contributed by atoms with Crippen LogP contribution in [0.4, 0.5) is 5.69 Å². The molecule has 0 bridgehead atoms. The Labute approximate surface area is 202 Å². The van der Waals surface area contributed by atoms with Crippen LogP contribution in [-0.4, -0.2) is 46.5 Å². The van der Waals surface area contributed by atoms with E-state index in [0.717, 1.165) is 46.1 Å². The molecule has 2 aromatic carbocycles. The van der Waals surface area contributed by atoms with Gasteiger partial charge in [-0.15, -0.1) is 0 Å². The molecule has 4 rings (SSSR count). The molecule has 0 radical (unpaired) electrons. The smallest absolute Gasteiger partial charge is 0.268 e. The van der Waals surface area contributed by atoms with Crippen LogP contribution in [0.15, 0.2) is 54.6 Å². The number of benzene rings is 2. The highest BCUT2D eigenvalue weighted by Crippen LogP contribution is 2.21. The van der Waals surface area contributed by atoms with Crippen LogP contribution in [0.25, 0.3) is 10.9 Å². The SMILES string of the molecule is CC(C)N1CCC(NC(=O)c2cc3ccccc3n2CC(=O)Nc2ccc(I)cc2)CC1. The number of fused-ring (bicyclic) bond motifs is 1. The third-order valence-electron chi connectivity index (χ3n) is 6.07. The number of anilines is 1. The van der Waals surface area contributed by atoms with Crippen molar-refractivity contribution in [3.8, 4) is 0 Å². The average Bonchev–Trinajstić information content (AvgIpc) is 3.14. The molecule has 1 saturated heterocycles. The molecule has 0 aliphatic carbocycles. The lowest BCUT2D eigenvalue weighted by molar-refractivity contribution is -0.116. The minimum absolute atomic E-state index is 0.0774. The van der Waals surface area contributed by atoms with Crippen LogP contribution in [0.1, 0.15) is 37.2 Å². The van der Waals surface area contributed by atoms with Crippen LogP contribution in [0.3, 0.4) is 0 Å². The zero-order valence-corrected chi connectivity index (χ0v) is 20.6. The number of hydrogen-bond donors (Lipinski definition) is 2. The van der Waals surface area contributed by atoms with Gasteiger partial charge in [-0.1, -0.05) is 18.2 Å². The summed E-state index contributed by atoms with van der Waals surface area (Å²) in [6, 6.07) is 18.0. The quantitative estimate of drug-likeness (QED) is 0.450. The third-order valence-corrected chi connectivity index (χ3v) is 6.79. The second kappa shape index (κ2) is 10.0. The highest BCUT2D eigenvalue weighted by molar-refractivity contribution is 14.1. The third kappa shape index (κ3) is 5.32. The summed E-state index contributed by atoms with van der Waals surface area (Å²) in [5.74, 6) is -0.280. The van der Waals surface area contributed by atoms with Gasteiger partial charge >= 0.3 is 0 Å². The van der Waals surface area contributed by atoms with Crippen molar-refractivity contribution in [2.24, 2.45) is 0 Å². The van der Waals surface area contributed by atoms with Crippen LogP contribution in [0.5, 0.6) is 0 Å². The molecule has 0 atom stereocenters. The van der Waals surface area contributed by atoms with E-state index in [-0.39, 0.29) is 24.4 Å². The summed E-state index contributed by atoms with van der Waals surface area (Å²) in [4.78, 5) is 28.5. The fourth-order valence-electron chi connectivity index (χ4n) is 4.27. The molecule has 2 amide bonds. The maximum Gasteiger partial charge on any atom is 0.268 e. The Morgan fingerprint density at radius 2 is 1.75 bits per heavy atom. The van der Waals surface area contributed by atoms with E-state index in [4.69, 9.17) is 0 Å². The van der Waals surface area contributed by atoms with E-state index in [1.165, 1.54) is 0 Å². The first-order chi connectivity index (χ1) is 15.4. The van der Waals surface area contributed by atoms with E-state index in [1.807, 2.05) is 59.2 Å². The summed E-state index contributed by atoms with van der Waals surface area (Å²) < 4.78 is 2.92. The average molecular weight is 544 g/mol. The number of nitrogens with one attached hydrogen (secondary N) is 2. The summed E-state index contributed by atoms with van der Waals surface area (Å²) in [7, 11) is 0. The first-order valence-electron chi connectivity index (χ1n) is 11.1. The highest BCUT2D eigenvalue weighted by Gasteiger charge is 2.24. The molecule has 2 N–H and O–H groups in total. The van der Waals surface area contributed by atoms with E-state index in [1.54, 1.807) is 0 Å². The van der Waals surface area contributed by atoms with Gasteiger partial charge in [-0.05, 0) is 85.7 Å². The largest absolute Gasteiger partial charge is 0.348 e. The number of nitrogens with zero attached hydrogens (tertiary/aromatic N) is 2. The molecule has 7 heteroatoms. The molecule has 2 heterocycles. The molecule has 1 fully saturated rings. The molecule has 0 saturated carbocycles. The Kier molecular flexibility index (Phi) is 7.15. The van der Waals surface area contributed by atoms with Gasteiger partial charge < -0.3 is 20.1 Å². The van der Waals surface area contributed by atoms with Gasteiger partial charge in [0.2, 0.25) is 5.91 Å². The molecule has 3 aromatic rings. The number of para-hydroxylation sites is 1. The van der Waals surface area contributed by atoms with Gasteiger partial charge in [-0.25, -0.2) is 0 Å². The molecular weight excluding hydrogens is 515 g/mol. The summed E-state index contributed by atoms with van der Waals surface area (Å²) in [5, 5.41) is 7.09. The number of halogens is 1. The molecule has 1 aliphatic heterocycles. The fraction of sp³-hybridized carbons (Fsp3) is 0.360. The molecule has 1 aromatic heterocycles. The lowest BCUT2D eigenvalue weighted by atomic mass is 10.0. The van der Waals surface area contributed by atoms with Gasteiger partial charge in [0.25, 0.3) is 5.91 Å². The normalized spacial score (nSPS) is 15.2. The number of piperidine rings is 1. The Morgan fingerprint density at radius 3 is 2.44 bits per heavy atom. The van der Waals surface area contributed by atoms with Crippen molar-refractivity contribution in [2.75, 3.05) is 18.4 Å². The number of carbonyl (C=O) groups is 2. The molecule has 168 valence electrons. The fourth-order valence-corrected chi connectivity index (χ4v) is 4.63. The molecule has 32 heavy (non-hydrogen) atoms. The Morgan fingerprint density at radius 1 is 1.06 bits per heavy atom. The first kappa shape index (κ1) is 22.8. The monoisotopic (exact) mass is 544 g/mol. The van der Waals surface area contributed by atoms with E-state index >= 15 is 0 Å². The van der Waals surface area contributed by atoms with Crippen molar-refractivity contribution in [1.82, 2.24) is 14.8 Å². The first-order valence-corrected chi connectivity index (χ1v) is 12.2. The predicted molar refractivity (Wildman–Crippen MR) is 137 cm³/mol. The van der Waals surface area contributed by atoms with Crippen LogP contribution < -0.4 is 10.6 Å². The van der Waals surface area contributed by atoms with Crippen molar-refractivity contribution in [2.45, 2.75) is 45.3 Å². The van der Waals surface area contributed by atoms with Crippen molar-refractivity contribution in [1.29, 1.82) is 0 Å². The van der Waals surface area contributed by atoms with Crippen LogP contribution in [0, 0.1) is 3.57 Å². The summed E-state index contributed by atoms with van der Waals surface area (Å²) in [6.07, 6.45) is 1.88. The van der Waals surface area contributed by atoms with Gasteiger partial charge in [0.05, 0.1) is 0 Å². The van der Waals surface area contributed by atoms with E-state index in [0.29, 0.717) is 11.7 Å². The van der Waals surface area contributed by atoms with Crippen LogP contribution in [-0.2, 0) is 11.3 Å². The van der Waals surface area contributed by atoms with E-state index in [2.05, 4.69) is 52.0 Å². The Balaban J connectivity index is 1.50. The van der Waals surface area contributed by atoms with Crippen molar-refractivity contribution < 1.29 is 9.59 Å². The number of carbonyl (C=O) groups excluding carboxylic acids is 2. The topological polar surface area (TPSA) is 66.4 Å². The van der Waals surface area contributed by atoms with E-state index in [9.17, 15) is 9.59 Å². The molecule has 1 aliphatic rings. The van der Waals surface area contributed by atoms with Gasteiger partial charge in [0, 0.05) is 45.3 Å². The summed E-state index contributed by atoms with van der Waals surface area (Å²) in [6.45, 7) is 6.47. The van der Waals surface area contributed by atoms with Crippen molar-refractivity contribution >= 4 is 51.0 Å². The maximum atomic E-state index is 13.2. The predicted octanol–water partition coefficient (Wildman–Crippen LogP) is 4.49. The Bertz CT molecular complexity index is 1100. The summed E-state index contributed by atoms with van der Waals surface area (Å²) in [5.41, 5.74) is 2.15. The van der Waals surface area contributed by atoms with Crippen LogP contribution in [0.2, 0.25) is 0 Å². The standard InChI is InChI=1S/C25H29IN4O2/c1-17(2)29-13-11-21(12-14-29)28-25(32)23-15-18-5-3-4-6-22(18)30(23)16-24(31)27-20-9-7-19(26)8-10-20/h3-10,15,17,21H,11-14,16H2,1-2H3,(H,27,31)(H,28,32). The second-order valence-electron chi connectivity index (χ2n) is 8.61. The molecule has 0 unspecified atom stereocenters. The number of aromatic nitrogens is 1. The number of hydrogen-bond acceptors (Lipinski definition) is 3. The summed E-state index contributed by atoms with van der Waals surface area (Å²) >= 11 is 2.23. The molecule has 6 nitrogen and oxygen atoms in total. The van der Waals surface area contributed by atoms with Gasteiger partial charge in [0.1, 0.15) is 12.2 Å². The van der Waals surface area contributed by atoms with Crippen LogP contribution >= 0.6 is 22.6 Å². The number of rotatable bonds is 6. The minimum atomic E-state index is -0.160. The lowest BCUT2D eigenvalue weighted by Gasteiger charge is -2.34.